The van der Waals surface area contributed by atoms with Gasteiger partial charge in [0.2, 0.25) is 0 Å². The molecule has 0 radical (unpaired) electrons. The fraction of sp³-hybridized carbons (Fsp3) is 0. The lowest BCUT2D eigenvalue weighted by Gasteiger charge is -2.28. The molecule has 1 heterocycles. The van der Waals surface area contributed by atoms with E-state index in [4.69, 9.17) is 0 Å². The van der Waals surface area contributed by atoms with Crippen LogP contribution in [0.25, 0.3) is 71.6 Å². The van der Waals surface area contributed by atoms with E-state index in [0.29, 0.717) is 0 Å². The third-order valence-corrected chi connectivity index (χ3v) is 10.5. The average molecular weight is 689 g/mol. The van der Waals surface area contributed by atoms with E-state index < -0.39 is 0 Å². The number of nitrogens with zero attached hydrogens (tertiary/aromatic N) is 2. The Kier molecular flexibility index (Phi) is 7.85. The highest BCUT2D eigenvalue weighted by Crippen LogP contribution is 2.42. The molecule has 0 fully saturated rings. The van der Waals surface area contributed by atoms with E-state index in [-0.39, 0.29) is 0 Å². The van der Waals surface area contributed by atoms with Gasteiger partial charge in [-0.2, -0.15) is 0 Å². The number of rotatable bonds is 7. The predicted molar refractivity (Wildman–Crippen MR) is 229 cm³/mol. The highest BCUT2D eigenvalue weighted by atomic mass is 15.1. The Bertz CT molecular complexity index is 2870. The molecule has 0 unspecified atom stereocenters. The number of hydrogen-bond acceptors (Lipinski definition) is 1. The van der Waals surface area contributed by atoms with Crippen LogP contribution < -0.4 is 4.90 Å². The van der Waals surface area contributed by atoms with Gasteiger partial charge in [0.15, 0.2) is 0 Å². The van der Waals surface area contributed by atoms with Crippen molar-refractivity contribution in [2.24, 2.45) is 0 Å². The van der Waals surface area contributed by atoms with Gasteiger partial charge in [-0.1, -0.05) is 158 Å². The van der Waals surface area contributed by atoms with Crippen LogP contribution in [0.3, 0.4) is 0 Å². The first-order valence-corrected chi connectivity index (χ1v) is 18.5. The van der Waals surface area contributed by atoms with Crippen molar-refractivity contribution in [1.82, 2.24) is 4.57 Å². The van der Waals surface area contributed by atoms with Gasteiger partial charge in [0.25, 0.3) is 0 Å². The first kappa shape index (κ1) is 31.6. The van der Waals surface area contributed by atoms with Gasteiger partial charge >= 0.3 is 0 Å². The van der Waals surface area contributed by atoms with Crippen molar-refractivity contribution in [3.8, 4) is 39.1 Å². The molecule has 10 rings (SSSR count). The van der Waals surface area contributed by atoms with Crippen LogP contribution in [0.4, 0.5) is 17.1 Å². The van der Waals surface area contributed by atoms with E-state index >= 15 is 0 Å². The fourth-order valence-electron chi connectivity index (χ4n) is 7.94. The highest BCUT2D eigenvalue weighted by Gasteiger charge is 2.19. The Morgan fingerprint density at radius 2 is 0.759 bits per heavy atom. The minimum absolute atomic E-state index is 1.08. The van der Waals surface area contributed by atoms with Gasteiger partial charge in [-0.25, -0.2) is 0 Å². The molecule has 2 heteroatoms. The monoisotopic (exact) mass is 688 g/mol. The van der Waals surface area contributed by atoms with Crippen molar-refractivity contribution in [3.63, 3.8) is 0 Å². The standard InChI is InChI=1S/C52H36N2/c1-4-15-37(16-5-1)40-21-14-22-45(32-40)53(46-30-29-42-31-41(27-28-43(42)33-46)38-17-6-2-7-18-38)47-34-44(39-19-8-3-9-20-39)35-48(36-47)54-51-25-12-10-23-49(51)50-24-11-13-26-52(50)54/h1-36H. The minimum atomic E-state index is 1.08. The molecule has 0 aliphatic carbocycles. The Morgan fingerprint density at radius 3 is 1.41 bits per heavy atom. The van der Waals surface area contributed by atoms with Crippen molar-refractivity contribution in [3.05, 3.63) is 218 Å². The number of anilines is 3. The van der Waals surface area contributed by atoms with Crippen LogP contribution in [0.15, 0.2) is 218 Å². The smallest absolute Gasteiger partial charge is 0.0541 e. The molecule has 0 bridgehead atoms. The van der Waals surface area contributed by atoms with Gasteiger partial charge in [0, 0.05) is 33.5 Å². The third kappa shape index (κ3) is 5.71. The summed E-state index contributed by atoms with van der Waals surface area (Å²) >= 11 is 0. The first-order valence-electron chi connectivity index (χ1n) is 18.5. The van der Waals surface area contributed by atoms with Crippen LogP contribution in [-0.2, 0) is 0 Å². The molecule has 254 valence electrons. The molecular weight excluding hydrogens is 653 g/mol. The zero-order valence-corrected chi connectivity index (χ0v) is 29.7. The summed E-state index contributed by atoms with van der Waals surface area (Å²) in [6.45, 7) is 0. The summed E-state index contributed by atoms with van der Waals surface area (Å²) in [5.74, 6) is 0. The lowest BCUT2D eigenvalue weighted by atomic mass is 9.99. The van der Waals surface area contributed by atoms with Crippen molar-refractivity contribution in [2.45, 2.75) is 0 Å². The Balaban J connectivity index is 1.22. The topological polar surface area (TPSA) is 8.17 Å². The van der Waals surface area contributed by atoms with Gasteiger partial charge in [0.05, 0.1) is 11.0 Å². The van der Waals surface area contributed by atoms with Gasteiger partial charge in [-0.3, -0.25) is 0 Å². The third-order valence-electron chi connectivity index (χ3n) is 10.5. The lowest BCUT2D eigenvalue weighted by Crippen LogP contribution is -2.11. The Labute approximate surface area is 315 Å². The van der Waals surface area contributed by atoms with Gasteiger partial charge < -0.3 is 9.47 Å². The van der Waals surface area contributed by atoms with Crippen molar-refractivity contribution >= 4 is 49.6 Å². The molecule has 10 aromatic rings. The molecule has 9 aromatic carbocycles. The molecule has 1 aromatic heterocycles. The number of hydrogen-bond donors (Lipinski definition) is 0. The van der Waals surface area contributed by atoms with Crippen molar-refractivity contribution in [2.75, 3.05) is 4.90 Å². The summed E-state index contributed by atoms with van der Waals surface area (Å²) in [7, 11) is 0. The summed E-state index contributed by atoms with van der Waals surface area (Å²) < 4.78 is 2.42. The molecule has 2 nitrogen and oxygen atoms in total. The minimum Gasteiger partial charge on any atom is -0.310 e. The zero-order chi connectivity index (χ0) is 35.8. The Morgan fingerprint density at radius 1 is 0.278 bits per heavy atom. The van der Waals surface area contributed by atoms with Gasteiger partial charge in [-0.05, 0) is 105 Å². The Hall–Kier alpha value is -7.16. The van der Waals surface area contributed by atoms with Crippen molar-refractivity contribution < 1.29 is 0 Å². The van der Waals surface area contributed by atoms with E-state index in [0.717, 1.165) is 28.3 Å². The molecule has 0 amide bonds. The summed E-state index contributed by atoms with van der Waals surface area (Å²) in [5, 5.41) is 4.90. The van der Waals surface area contributed by atoms with Crippen LogP contribution in [0.5, 0.6) is 0 Å². The summed E-state index contributed by atoms with van der Waals surface area (Å²) in [6, 6.07) is 79.0. The molecule has 0 saturated heterocycles. The van der Waals surface area contributed by atoms with E-state index in [2.05, 4.69) is 228 Å². The maximum Gasteiger partial charge on any atom is 0.0541 e. The van der Waals surface area contributed by atoms with E-state index in [1.165, 1.54) is 60.4 Å². The quantitative estimate of drug-likeness (QED) is 0.162. The normalized spacial score (nSPS) is 11.3. The van der Waals surface area contributed by atoms with Crippen LogP contribution in [0.1, 0.15) is 0 Å². The van der Waals surface area contributed by atoms with Crippen LogP contribution in [0, 0.1) is 0 Å². The molecule has 0 aliphatic heterocycles. The first-order chi connectivity index (χ1) is 26.8. The predicted octanol–water partition coefficient (Wildman–Crippen LogP) is 14.4. The summed E-state index contributed by atoms with van der Waals surface area (Å²) in [4.78, 5) is 2.42. The second kappa shape index (κ2) is 13.4. The molecule has 0 saturated carbocycles. The van der Waals surface area contributed by atoms with Crippen LogP contribution in [0.2, 0.25) is 0 Å². The molecule has 0 spiro atoms. The number of aromatic nitrogens is 1. The van der Waals surface area contributed by atoms with E-state index in [9.17, 15) is 0 Å². The maximum atomic E-state index is 2.42. The van der Waals surface area contributed by atoms with Crippen LogP contribution in [-0.4, -0.2) is 4.57 Å². The lowest BCUT2D eigenvalue weighted by molar-refractivity contribution is 1.17. The van der Waals surface area contributed by atoms with E-state index in [1.807, 2.05) is 0 Å². The van der Waals surface area contributed by atoms with Crippen LogP contribution >= 0.6 is 0 Å². The van der Waals surface area contributed by atoms with Crippen molar-refractivity contribution in [1.29, 1.82) is 0 Å². The molecule has 0 atom stereocenters. The molecule has 54 heavy (non-hydrogen) atoms. The molecule has 0 N–H and O–H groups in total. The second-order valence-corrected chi connectivity index (χ2v) is 13.8. The SMILES string of the molecule is c1ccc(-c2cccc(N(c3cc(-c4ccccc4)cc(-n4c5ccccc5c5ccccc54)c3)c3ccc4cc(-c5ccccc5)ccc4c3)c2)cc1. The average Bonchev–Trinajstić information content (AvgIpc) is 3.59. The number of fused-ring (bicyclic) bond motifs is 4. The summed E-state index contributed by atoms with van der Waals surface area (Å²) in [6.07, 6.45) is 0. The highest BCUT2D eigenvalue weighted by molar-refractivity contribution is 6.09. The zero-order valence-electron chi connectivity index (χ0n) is 29.7. The number of para-hydroxylation sites is 2. The fourth-order valence-corrected chi connectivity index (χ4v) is 7.94. The largest absolute Gasteiger partial charge is 0.310 e. The van der Waals surface area contributed by atoms with E-state index in [1.54, 1.807) is 0 Å². The van der Waals surface area contributed by atoms with Gasteiger partial charge in [0.1, 0.15) is 0 Å². The molecule has 0 aliphatic rings. The molecular formula is C52H36N2. The maximum absolute atomic E-state index is 2.42. The van der Waals surface area contributed by atoms with Gasteiger partial charge in [-0.15, -0.1) is 0 Å². The number of benzene rings is 9. The second-order valence-electron chi connectivity index (χ2n) is 13.8. The summed E-state index contributed by atoms with van der Waals surface area (Å²) in [5.41, 5.74) is 13.9.